The Balaban J connectivity index is 2.01. The number of rotatable bonds is 5. The summed E-state index contributed by atoms with van der Waals surface area (Å²) in [6.07, 6.45) is -0.204. The summed E-state index contributed by atoms with van der Waals surface area (Å²) in [5.74, 6) is 0.878. The lowest BCUT2D eigenvalue weighted by Crippen LogP contribution is -2.33. The van der Waals surface area contributed by atoms with Crippen molar-refractivity contribution < 1.29 is 14.8 Å². The predicted octanol–water partition coefficient (Wildman–Crippen LogP) is 2.51. The molecule has 0 aliphatic carbocycles. The number of amides is 1. The quantitative estimate of drug-likeness (QED) is 0.664. The molecule has 0 bridgehead atoms. The number of nitro groups is 1. The maximum atomic E-state index is 10.8. The summed E-state index contributed by atoms with van der Waals surface area (Å²) in [5, 5.41) is 19.6. The lowest BCUT2D eigenvalue weighted by Gasteiger charge is -2.31. The molecule has 8 heteroatoms. The van der Waals surface area contributed by atoms with Gasteiger partial charge in [0.05, 0.1) is 10.6 Å². The van der Waals surface area contributed by atoms with Crippen molar-refractivity contribution >= 4 is 29.2 Å². The van der Waals surface area contributed by atoms with Gasteiger partial charge in [-0.1, -0.05) is 0 Å². The van der Waals surface area contributed by atoms with Gasteiger partial charge in [-0.3, -0.25) is 10.1 Å². The van der Waals surface area contributed by atoms with Gasteiger partial charge in [-0.2, -0.15) is 0 Å². The van der Waals surface area contributed by atoms with Crippen LogP contribution in [0.15, 0.2) is 23.1 Å². The van der Waals surface area contributed by atoms with Crippen molar-refractivity contribution in [1.82, 2.24) is 4.90 Å². The Labute approximate surface area is 126 Å². The van der Waals surface area contributed by atoms with Crippen LogP contribution in [0.1, 0.15) is 6.42 Å². The van der Waals surface area contributed by atoms with Crippen molar-refractivity contribution in [1.29, 1.82) is 0 Å². The van der Waals surface area contributed by atoms with E-state index in [2.05, 4.69) is 4.90 Å². The maximum Gasteiger partial charge on any atom is 0.407 e. The lowest BCUT2D eigenvalue weighted by molar-refractivity contribution is -0.385. The van der Waals surface area contributed by atoms with Crippen molar-refractivity contribution in [3.05, 3.63) is 28.3 Å². The lowest BCUT2D eigenvalue weighted by atomic mass is 10.2. The Morgan fingerprint density at radius 2 is 2.33 bits per heavy atom. The van der Waals surface area contributed by atoms with Gasteiger partial charge in [0, 0.05) is 49.5 Å². The van der Waals surface area contributed by atoms with Gasteiger partial charge in [0.2, 0.25) is 0 Å². The monoisotopic (exact) mass is 311 g/mol. The number of non-ortho nitro benzene ring substituents is 1. The zero-order valence-corrected chi connectivity index (χ0v) is 12.5. The summed E-state index contributed by atoms with van der Waals surface area (Å²) in [6.45, 7) is 2.08. The Morgan fingerprint density at radius 1 is 1.57 bits per heavy atom. The number of hydrogen-bond acceptors (Lipinski definition) is 5. The number of nitrogens with zero attached hydrogens (tertiary/aromatic N) is 3. The van der Waals surface area contributed by atoms with Crippen LogP contribution in [0, 0.1) is 10.1 Å². The summed E-state index contributed by atoms with van der Waals surface area (Å²) >= 11 is 1.62. The summed E-state index contributed by atoms with van der Waals surface area (Å²) < 4.78 is 0. The van der Waals surface area contributed by atoms with Crippen LogP contribution in [0.2, 0.25) is 0 Å². The molecule has 7 nitrogen and oxygen atoms in total. The second-order valence-electron chi connectivity index (χ2n) is 4.80. The third kappa shape index (κ3) is 3.78. The van der Waals surface area contributed by atoms with E-state index in [9.17, 15) is 14.9 Å². The fraction of sp³-hybridized carbons (Fsp3) is 0.462. The first-order valence-electron chi connectivity index (χ1n) is 6.59. The molecule has 1 heterocycles. The first-order valence-corrected chi connectivity index (χ1v) is 7.58. The molecular formula is C13H17N3O4S. The van der Waals surface area contributed by atoms with Crippen LogP contribution in [-0.4, -0.2) is 53.5 Å². The molecule has 0 aromatic heterocycles. The van der Waals surface area contributed by atoms with Gasteiger partial charge in [0.15, 0.2) is 0 Å². The molecule has 1 N–H and O–H groups in total. The van der Waals surface area contributed by atoms with Crippen LogP contribution < -0.4 is 4.90 Å². The average Bonchev–Trinajstić information content (AvgIpc) is 2.46. The van der Waals surface area contributed by atoms with Crippen LogP contribution in [0.25, 0.3) is 0 Å². The SMILES string of the molecule is CN(CCCN1CCSc2cc([N+](=O)[O-])ccc21)C(=O)O. The van der Waals surface area contributed by atoms with Crippen molar-refractivity contribution in [3.63, 3.8) is 0 Å². The number of carboxylic acid groups (broad SMARTS) is 1. The fourth-order valence-electron chi connectivity index (χ4n) is 2.21. The summed E-state index contributed by atoms with van der Waals surface area (Å²) in [6, 6.07) is 4.90. The minimum Gasteiger partial charge on any atom is -0.465 e. The van der Waals surface area contributed by atoms with E-state index in [1.54, 1.807) is 30.9 Å². The molecule has 0 spiro atoms. The molecule has 0 saturated carbocycles. The van der Waals surface area contributed by atoms with Gasteiger partial charge in [0.25, 0.3) is 5.69 Å². The molecule has 0 saturated heterocycles. The van der Waals surface area contributed by atoms with Crippen molar-refractivity contribution in [2.24, 2.45) is 0 Å². The summed E-state index contributed by atoms with van der Waals surface area (Å²) in [4.78, 5) is 25.5. The third-order valence-corrected chi connectivity index (χ3v) is 4.39. The maximum absolute atomic E-state index is 10.8. The highest BCUT2D eigenvalue weighted by atomic mass is 32.2. The molecule has 114 valence electrons. The highest BCUT2D eigenvalue weighted by Crippen LogP contribution is 2.37. The van der Waals surface area contributed by atoms with Crippen LogP contribution >= 0.6 is 11.8 Å². The molecule has 1 aliphatic rings. The molecular weight excluding hydrogens is 294 g/mol. The second-order valence-corrected chi connectivity index (χ2v) is 5.94. The third-order valence-electron chi connectivity index (χ3n) is 3.36. The van der Waals surface area contributed by atoms with Gasteiger partial charge >= 0.3 is 6.09 Å². The molecule has 2 rings (SSSR count). The normalized spacial score (nSPS) is 13.7. The number of fused-ring (bicyclic) bond motifs is 1. The van der Waals surface area contributed by atoms with Crippen LogP contribution in [-0.2, 0) is 0 Å². The molecule has 0 unspecified atom stereocenters. The number of thioether (sulfide) groups is 1. The molecule has 0 fully saturated rings. The number of benzene rings is 1. The number of nitro benzene ring substituents is 1. The molecule has 1 aromatic rings. The van der Waals surface area contributed by atoms with Crippen LogP contribution in [0.3, 0.4) is 0 Å². The summed E-state index contributed by atoms with van der Waals surface area (Å²) in [5.41, 5.74) is 1.10. The van der Waals surface area contributed by atoms with E-state index < -0.39 is 6.09 Å². The minimum absolute atomic E-state index is 0.105. The highest BCUT2D eigenvalue weighted by Gasteiger charge is 2.20. The summed E-state index contributed by atoms with van der Waals surface area (Å²) in [7, 11) is 1.55. The van der Waals surface area contributed by atoms with E-state index in [1.807, 2.05) is 0 Å². The molecule has 21 heavy (non-hydrogen) atoms. The fourth-order valence-corrected chi connectivity index (χ4v) is 3.29. The zero-order valence-electron chi connectivity index (χ0n) is 11.7. The Bertz CT molecular complexity index is 552. The molecule has 0 atom stereocenters. The van der Waals surface area contributed by atoms with Crippen LogP contribution in [0.4, 0.5) is 16.2 Å². The van der Waals surface area contributed by atoms with E-state index in [1.165, 1.54) is 11.0 Å². The molecule has 1 aromatic carbocycles. The molecule has 0 radical (unpaired) electrons. The van der Waals surface area contributed by atoms with Gasteiger partial charge in [-0.25, -0.2) is 4.79 Å². The van der Waals surface area contributed by atoms with E-state index in [0.717, 1.165) is 35.8 Å². The molecule has 1 amide bonds. The smallest absolute Gasteiger partial charge is 0.407 e. The zero-order chi connectivity index (χ0) is 15.4. The van der Waals surface area contributed by atoms with Crippen LogP contribution in [0.5, 0.6) is 0 Å². The number of hydrogen-bond donors (Lipinski definition) is 1. The minimum atomic E-state index is -0.930. The standard InChI is InChI=1S/C13H17N3O4S/c1-14(13(17)18)5-2-6-15-7-8-21-12-9-10(16(19)20)3-4-11(12)15/h3-4,9H,2,5-8H2,1H3,(H,17,18). The van der Waals surface area contributed by atoms with Gasteiger partial charge in [-0.05, 0) is 12.5 Å². The van der Waals surface area contributed by atoms with E-state index in [-0.39, 0.29) is 10.6 Å². The Morgan fingerprint density at radius 3 is 3.00 bits per heavy atom. The largest absolute Gasteiger partial charge is 0.465 e. The number of carbonyl (C=O) groups is 1. The molecule has 1 aliphatic heterocycles. The Kier molecular flexibility index (Phi) is 4.89. The van der Waals surface area contributed by atoms with Crippen molar-refractivity contribution in [2.45, 2.75) is 11.3 Å². The predicted molar refractivity (Wildman–Crippen MR) is 81.3 cm³/mol. The van der Waals surface area contributed by atoms with E-state index in [0.29, 0.717) is 6.54 Å². The van der Waals surface area contributed by atoms with Gasteiger partial charge in [-0.15, -0.1) is 11.8 Å². The Hall–Kier alpha value is -1.96. The number of anilines is 1. The second kappa shape index (κ2) is 6.66. The van der Waals surface area contributed by atoms with E-state index >= 15 is 0 Å². The van der Waals surface area contributed by atoms with Crippen molar-refractivity contribution in [2.75, 3.05) is 37.3 Å². The van der Waals surface area contributed by atoms with Gasteiger partial charge < -0.3 is 14.9 Å². The van der Waals surface area contributed by atoms with E-state index in [4.69, 9.17) is 5.11 Å². The van der Waals surface area contributed by atoms with Gasteiger partial charge in [0.1, 0.15) is 0 Å². The average molecular weight is 311 g/mol. The topological polar surface area (TPSA) is 86.9 Å². The first-order chi connectivity index (χ1) is 9.99. The van der Waals surface area contributed by atoms with Crippen molar-refractivity contribution in [3.8, 4) is 0 Å². The first kappa shape index (κ1) is 15.4. The highest BCUT2D eigenvalue weighted by molar-refractivity contribution is 7.99.